The van der Waals surface area contributed by atoms with Crippen molar-refractivity contribution >= 4 is 5.97 Å². The Labute approximate surface area is 87.4 Å². The number of aliphatic hydroxyl groups excluding tert-OH is 1. The summed E-state index contributed by atoms with van der Waals surface area (Å²) in [4.78, 5) is 10.6. The molecule has 0 spiro atoms. The second-order valence-electron chi connectivity index (χ2n) is 3.40. The molecule has 0 saturated heterocycles. The van der Waals surface area contributed by atoms with E-state index in [-0.39, 0.29) is 11.1 Å². The number of hydrogen-bond donors (Lipinski definition) is 2. The van der Waals surface area contributed by atoms with Gasteiger partial charge in [0.15, 0.2) is 6.10 Å². The summed E-state index contributed by atoms with van der Waals surface area (Å²) in [7, 11) is 0. The Bertz CT molecular complexity index is 446. The van der Waals surface area contributed by atoms with Crippen LogP contribution in [0.2, 0.25) is 0 Å². The number of nitrogens with zero attached hydrogens (tertiary/aromatic N) is 1. The first-order valence-corrected chi connectivity index (χ1v) is 4.39. The lowest BCUT2D eigenvalue weighted by molar-refractivity contribution is -0.147. The highest BCUT2D eigenvalue weighted by molar-refractivity contribution is 5.76. The largest absolute Gasteiger partial charge is 0.479 e. The van der Waals surface area contributed by atoms with Gasteiger partial charge in [0.2, 0.25) is 0 Å². The molecule has 0 aliphatic rings. The number of carbonyl (C=O) groups is 1. The van der Waals surface area contributed by atoms with E-state index >= 15 is 0 Å². The van der Waals surface area contributed by atoms with E-state index in [9.17, 15) is 9.90 Å². The average Bonchev–Trinajstić information content (AvgIpc) is 2.15. The van der Waals surface area contributed by atoms with E-state index in [0.29, 0.717) is 5.56 Å². The van der Waals surface area contributed by atoms with E-state index in [4.69, 9.17) is 10.4 Å². The highest BCUT2D eigenvalue weighted by atomic mass is 16.4. The lowest BCUT2D eigenvalue weighted by Gasteiger charge is -2.12. The van der Waals surface area contributed by atoms with E-state index in [1.54, 1.807) is 19.1 Å². The number of carboxylic acids is 1. The zero-order chi connectivity index (χ0) is 11.6. The van der Waals surface area contributed by atoms with Crippen LogP contribution in [-0.2, 0) is 4.79 Å². The van der Waals surface area contributed by atoms with Gasteiger partial charge in [-0.15, -0.1) is 0 Å². The zero-order valence-electron chi connectivity index (χ0n) is 8.48. The summed E-state index contributed by atoms with van der Waals surface area (Å²) in [6.45, 7) is 3.49. The third kappa shape index (κ3) is 2.14. The zero-order valence-corrected chi connectivity index (χ0v) is 8.48. The summed E-state index contributed by atoms with van der Waals surface area (Å²) in [6.07, 6.45) is -1.64. The number of rotatable bonds is 2. The van der Waals surface area contributed by atoms with Gasteiger partial charge in [0.25, 0.3) is 0 Å². The number of carboxylic acid groups (broad SMARTS) is 1. The lowest BCUT2D eigenvalue weighted by Crippen LogP contribution is -2.13. The molecule has 1 aromatic carbocycles. The first-order valence-electron chi connectivity index (χ1n) is 4.39. The smallest absolute Gasteiger partial charge is 0.337 e. The summed E-state index contributed by atoms with van der Waals surface area (Å²) in [6, 6.07) is 5.19. The fourth-order valence-electron chi connectivity index (χ4n) is 1.56. The minimum atomic E-state index is -1.64. The molecule has 4 nitrogen and oxygen atoms in total. The molecule has 1 unspecified atom stereocenters. The van der Waals surface area contributed by atoms with Crippen LogP contribution in [0.15, 0.2) is 12.1 Å². The van der Waals surface area contributed by atoms with E-state index in [1.807, 2.05) is 13.0 Å². The number of hydrogen-bond acceptors (Lipinski definition) is 3. The fraction of sp³-hybridized carbons (Fsp3) is 0.273. The molecule has 4 heteroatoms. The average molecular weight is 205 g/mol. The van der Waals surface area contributed by atoms with E-state index in [1.165, 1.54) is 0 Å². The van der Waals surface area contributed by atoms with Crippen molar-refractivity contribution in [2.45, 2.75) is 20.0 Å². The van der Waals surface area contributed by atoms with Gasteiger partial charge in [-0.2, -0.15) is 5.26 Å². The third-order valence-electron chi connectivity index (χ3n) is 2.16. The molecule has 0 aliphatic heterocycles. The van der Waals surface area contributed by atoms with Gasteiger partial charge in [-0.1, -0.05) is 6.07 Å². The van der Waals surface area contributed by atoms with Crippen LogP contribution in [0.5, 0.6) is 0 Å². The van der Waals surface area contributed by atoms with Gasteiger partial charge in [-0.25, -0.2) is 4.79 Å². The van der Waals surface area contributed by atoms with Crippen molar-refractivity contribution in [3.05, 3.63) is 34.4 Å². The standard InChI is InChI=1S/C11H11NO3/c1-6-3-7(2)9(8(4-6)5-12)10(13)11(14)15/h3-4,10,13H,1-2H3,(H,14,15). The van der Waals surface area contributed by atoms with Crippen LogP contribution in [0, 0.1) is 25.2 Å². The van der Waals surface area contributed by atoms with Crippen molar-refractivity contribution in [2.75, 3.05) is 0 Å². The van der Waals surface area contributed by atoms with Gasteiger partial charge in [-0.3, -0.25) is 0 Å². The van der Waals surface area contributed by atoms with Gasteiger partial charge in [0.05, 0.1) is 11.6 Å². The molecule has 0 aliphatic carbocycles. The third-order valence-corrected chi connectivity index (χ3v) is 2.16. The molecule has 15 heavy (non-hydrogen) atoms. The number of aliphatic hydroxyl groups is 1. The van der Waals surface area contributed by atoms with Crippen molar-refractivity contribution in [3.63, 3.8) is 0 Å². The Morgan fingerprint density at radius 3 is 2.53 bits per heavy atom. The maximum absolute atomic E-state index is 10.6. The van der Waals surface area contributed by atoms with Crippen molar-refractivity contribution in [3.8, 4) is 6.07 Å². The molecular weight excluding hydrogens is 194 g/mol. The van der Waals surface area contributed by atoms with Crippen LogP contribution in [0.4, 0.5) is 0 Å². The van der Waals surface area contributed by atoms with E-state index in [2.05, 4.69) is 0 Å². The minimum Gasteiger partial charge on any atom is -0.479 e. The normalized spacial score (nSPS) is 11.9. The summed E-state index contributed by atoms with van der Waals surface area (Å²) in [5.74, 6) is -1.35. The topological polar surface area (TPSA) is 81.3 Å². The van der Waals surface area contributed by atoms with Crippen molar-refractivity contribution in [1.29, 1.82) is 5.26 Å². The first-order chi connectivity index (χ1) is 6.97. The van der Waals surface area contributed by atoms with Gasteiger partial charge >= 0.3 is 5.97 Å². The monoisotopic (exact) mass is 205 g/mol. The van der Waals surface area contributed by atoms with Crippen LogP contribution in [0.3, 0.4) is 0 Å². The highest BCUT2D eigenvalue weighted by Crippen LogP contribution is 2.23. The van der Waals surface area contributed by atoms with Gasteiger partial charge in [-0.05, 0) is 31.0 Å². The van der Waals surface area contributed by atoms with Gasteiger partial charge < -0.3 is 10.2 Å². The Morgan fingerprint density at radius 1 is 1.47 bits per heavy atom. The molecular formula is C11H11NO3. The van der Waals surface area contributed by atoms with E-state index < -0.39 is 12.1 Å². The van der Waals surface area contributed by atoms with Crippen molar-refractivity contribution in [1.82, 2.24) is 0 Å². The molecule has 0 amide bonds. The minimum absolute atomic E-state index is 0.176. The van der Waals surface area contributed by atoms with Crippen LogP contribution in [0.25, 0.3) is 0 Å². The quantitative estimate of drug-likeness (QED) is 0.762. The molecule has 0 bridgehead atoms. The van der Waals surface area contributed by atoms with Crippen LogP contribution in [0.1, 0.15) is 28.4 Å². The maximum atomic E-state index is 10.6. The molecule has 1 aromatic rings. The molecule has 78 valence electrons. The van der Waals surface area contributed by atoms with Crippen molar-refractivity contribution in [2.24, 2.45) is 0 Å². The molecule has 1 atom stereocenters. The Hall–Kier alpha value is -1.86. The summed E-state index contributed by atoms with van der Waals surface area (Å²) in [5.41, 5.74) is 1.87. The Morgan fingerprint density at radius 2 is 2.07 bits per heavy atom. The molecule has 0 radical (unpaired) electrons. The summed E-state index contributed by atoms with van der Waals surface area (Å²) >= 11 is 0. The maximum Gasteiger partial charge on any atom is 0.337 e. The number of benzene rings is 1. The Kier molecular flexibility index (Phi) is 3.08. The van der Waals surface area contributed by atoms with E-state index in [0.717, 1.165) is 5.56 Å². The number of aryl methyl sites for hydroxylation is 2. The highest BCUT2D eigenvalue weighted by Gasteiger charge is 2.21. The molecule has 0 heterocycles. The molecule has 0 saturated carbocycles. The molecule has 1 rings (SSSR count). The van der Waals surface area contributed by atoms with Crippen LogP contribution in [-0.4, -0.2) is 16.2 Å². The molecule has 0 fully saturated rings. The summed E-state index contributed by atoms with van der Waals surface area (Å²) < 4.78 is 0. The predicted molar refractivity (Wildman–Crippen MR) is 53.2 cm³/mol. The molecule has 0 aromatic heterocycles. The SMILES string of the molecule is Cc1cc(C)c(C(O)C(=O)O)c(C#N)c1. The van der Waals surface area contributed by atoms with Gasteiger partial charge in [0, 0.05) is 5.56 Å². The molecule has 2 N–H and O–H groups in total. The van der Waals surface area contributed by atoms with Gasteiger partial charge in [0.1, 0.15) is 0 Å². The second kappa shape index (κ2) is 4.11. The predicted octanol–water partition coefficient (Wildman–Crippen LogP) is 1.29. The van der Waals surface area contributed by atoms with Crippen LogP contribution >= 0.6 is 0 Å². The second-order valence-corrected chi connectivity index (χ2v) is 3.40. The number of aliphatic carboxylic acids is 1. The lowest BCUT2D eigenvalue weighted by atomic mass is 9.95. The Balaban J connectivity index is 3.41. The van der Waals surface area contributed by atoms with Crippen LogP contribution < -0.4 is 0 Å². The number of nitriles is 1. The fourth-order valence-corrected chi connectivity index (χ4v) is 1.56. The van der Waals surface area contributed by atoms with Crippen molar-refractivity contribution < 1.29 is 15.0 Å². The summed E-state index contributed by atoms with van der Waals surface area (Å²) in [5, 5.41) is 27.0. The first kappa shape index (κ1) is 11.2.